The van der Waals surface area contributed by atoms with Crippen LogP contribution < -0.4 is 14.8 Å². The van der Waals surface area contributed by atoms with Gasteiger partial charge in [0, 0.05) is 50.0 Å². The highest BCUT2D eigenvalue weighted by molar-refractivity contribution is 7.90. The highest BCUT2D eigenvalue weighted by atomic mass is 32.2. The number of H-pyrrole nitrogens is 1. The summed E-state index contributed by atoms with van der Waals surface area (Å²) in [6.45, 7) is 3.94. The number of aromatic nitrogens is 2. The zero-order valence-electron chi connectivity index (χ0n) is 33.5. The van der Waals surface area contributed by atoms with Crippen molar-refractivity contribution >= 4 is 43.9 Å². The average Bonchev–Trinajstić information content (AvgIpc) is 3.83. The summed E-state index contributed by atoms with van der Waals surface area (Å²) < 4.78 is 41.2. The molecule has 0 spiro atoms. The Balaban J connectivity index is 0.929. The molecular weight excluding hydrogens is 781 g/mol. The predicted octanol–water partition coefficient (Wildman–Crippen LogP) is 9.12. The number of nitrogens with zero attached hydrogens (tertiary/aromatic N) is 3. The Bertz CT molecular complexity index is 2550. The third-order valence-corrected chi connectivity index (χ3v) is 13.9. The molecule has 4 heterocycles. The number of hydrogen-bond donors (Lipinski definition) is 3. The Kier molecular flexibility index (Phi) is 11.4. The summed E-state index contributed by atoms with van der Waals surface area (Å²) >= 11 is 0. The first-order valence-corrected chi connectivity index (χ1v) is 22.6. The van der Waals surface area contributed by atoms with Gasteiger partial charge in [-0.1, -0.05) is 36.4 Å². The lowest BCUT2D eigenvalue weighted by molar-refractivity contribution is -0.384. The van der Waals surface area contributed by atoms with E-state index in [9.17, 15) is 23.3 Å². The lowest BCUT2D eigenvalue weighted by atomic mass is 9.85. The van der Waals surface area contributed by atoms with Gasteiger partial charge in [0.05, 0.1) is 21.6 Å². The molecule has 3 N–H and O–H groups in total. The predicted molar refractivity (Wildman–Crippen MR) is 230 cm³/mol. The van der Waals surface area contributed by atoms with Gasteiger partial charge >= 0.3 is 0 Å². The van der Waals surface area contributed by atoms with Crippen LogP contribution in [0.15, 0.2) is 96.2 Å². The number of pyridine rings is 1. The minimum atomic E-state index is -4.53. The molecule has 3 aromatic carbocycles. The van der Waals surface area contributed by atoms with Crippen molar-refractivity contribution in [2.24, 2.45) is 11.8 Å². The number of carbonyl (C=O) groups excluding carboxylic acids is 1. The monoisotopic (exact) mass is 830 g/mol. The first kappa shape index (κ1) is 39.9. The summed E-state index contributed by atoms with van der Waals surface area (Å²) in [5.74, 6) is 1.13. The number of ether oxygens (including phenoxy) is 2. The molecule has 13 nitrogen and oxygen atoms in total. The number of rotatable bonds is 14. The highest BCUT2D eigenvalue weighted by Crippen LogP contribution is 2.46. The van der Waals surface area contributed by atoms with Gasteiger partial charge in [-0.3, -0.25) is 19.8 Å². The third-order valence-electron chi connectivity index (χ3n) is 12.6. The molecular formula is C46H50N6O7S. The van der Waals surface area contributed by atoms with Gasteiger partial charge in [-0.15, -0.1) is 0 Å². The largest absolute Gasteiger partial charge is 0.455 e. The summed E-state index contributed by atoms with van der Waals surface area (Å²) in [5, 5.41) is 16.0. The Labute approximate surface area is 349 Å². The fourth-order valence-corrected chi connectivity index (χ4v) is 10.1. The van der Waals surface area contributed by atoms with Crippen LogP contribution in [0.3, 0.4) is 0 Å². The van der Waals surface area contributed by atoms with Gasteiger partial charge < -0.3 is 19.8 Å². The van der Waals surface area contributed by atoms with E-state index in [1.807, 2.05) is 12.1 Å². The van der Waals surface area contributed by atoms with Gasteiger partial charge in [0.25, 0.3) is 21.6 Å². The summed E-state index contributed by atoms with van der Waals surface area (Å²) in [7, 11) is -4.53. The number of sulfonamides is 1. The summed E-state index contributed by atoms with van der Waals surface area (Å²) in [6.07, 6.45) is 15.1. The number of hydrogen-bond acceptors (Lipinski definition) is 10. The molecule has 0 bridgehead atoms. The van der Waals surface area contributed by atoms with Crippen molar-refractivity contribution in [3.8, 4) is 11.5 Å². The fourth-order valence-electron chi connectivity index (χ4n) is 9.14. The summed E-state index contributed by atoms with van der Waals surface area (Å²) in [4.78, 5) is 35.1. The van der Waals surface area contributed by atoms with Gasteiger partial charge in [0.1, 0.15) is 22.8 Å². The SMILES string of the molecule is O=C(NS(=O)(=O)c1ccc(NCC2CCOCC2)c([N+](=O)[O-])c1)c1ccc(C2=CCC(CN3CCCC3c3ccccc3C3CC3)CC2)cc1Oc1cnc2[nH]ccc2c1. The van der Waals surface area contributed by atoms with Crippen LogP contribution in [0, 0.1) is 22.0 Å². The molecule has 5 aromatic rings. The van der Waals surface area contributed by atoms with Crippen LogP contribution in [0.4, 0.5) is 11.4 Å². The number of anilines is 1. The standard InChI is InChI=1S/C46H50N6O7S/c53-46(50-60(56,57)37-14-16-41(43(26-37)52(54)55)48-27-30-18-22-58-23-19-30)40-15-13-34(25-44(40)59-36-24-35-17-20-47-45(35)49-28-36)32-9-7-31(8-10-32)29-51-21-3-6-42(51)39-5-2-1-4-38(39)33-11-12-33/h1-2,4-5,9,13-17,20,24-26,28,30-31,33,42,48H,3,6-8,10-12,18-19,21-23,27,29H2,(H,47,49)(H,50,53). The van der Waals surface area contributed by atoms with Crippen LogP contribution in [0.2, 0.25) is 0 Å². The van der Waals surface area contributed by atoms with Crippen molar-refractivity contribution in [3.63, 3.8) is 0 Å². The maximum Gasteiger partial charge on any atom is 0.293 e. The smallest absolute Gasteiger partial charge is 0.293 e. The molecule has 60 heavy (non-hydrogen) atoms. The van der Waals surface area contributed by atoms with Crippen LogP contribution in [-0.2, 0) is 14.8 Å². The summed E-state index contributed by atoms with van der Waals surface area (Å²) in [5.41, 5.74) is 5.56. The maximum absolute atomic E-state index is 13.9. The first-order chi connectivity index (χ1) is 29.2. The van der Waals surface area contributed by atoms with E-state index in [1.165, 1.54) is 43.4 Å². The molecule has 9 rings (SSSR count). The van der Waals surface area contributed by atoms with Crippen LogP contribution in [0.25, 0.3) is 16.6 Å². The minimum Gasteiger partial charge on any atom is -0.455 e. The van der Waals surface area contributed by atoms with Crippen molar-refractivity contribution in [3.05, 3.63) is 124 Å². The molecule has 2 atom stereocenters. The molecule has 0 radical (unpaired) electrons. The van der Waals surface area contributed by atoms with E-state index in [-0.39, 0.29) is 22.9 Å². The maximum atomic E-state index is 13.9. The molecule has 1 amide bonds. The van der Waals surface area contributed by atoms with E-state index in [0.29, 0.717) is 43.1 Å². The molecule has 2 saturated heterocycles. The Hall–Kier alpha value is -5.57. The van der Waals surface area contributed by atoms with Gasteiger partial charge in [-0.25, -0.2) is 18.1 Å². The van der Waals surface area contributed by atoms with Gasteiger partial charge in [0.15, 0.2) is 0 Å². The second-order valence-corrected chi connectivity index (χ2v) is 18.3. The number of nitro groups is 1. The van der Waals surface area contributed by atoms with E-state index in [4.69, 9.17) is 9.47 Å². The molecule has 1 saturated carbocycles. The quantitative estimate of drug-likeness (QED) is 0.0725. The number of fused-ring (bicyclic) bond motifs is 1. The zero-order chi connectivity index (χ0) is 41.2. The van der Waals surface area contributed by atoms with E-state index >= 15 is 0 Å². The molecule has 2 aliphatic carbocycles. The lowest BCUT2D eigenvalue weighted by Gasteiger charge is -2.32. The Morgan fingerprint density at radius 2 is 1.80 bits per heavy atom. The summed E-state index contributed by atoms with van der Waals surface area (Å²) in [6, 6.07) is 21.9. The van der Waals surface area contributed by atoms with Crippen molar-refractivity contribution in [1.29, 1.82) is 0 Å². The topological polar surface area (TPSA) is 169 Å². The van der Waals surface area contributed by atoms with Gasteiger partial charge in [0.2, 0.25) is 0 Å². The number of carbonyl (C=O) groups is 1. The van der Waals surface area contributed by atoms with Crippen molar-refractivity contribution in [2.45, 2.75) is 74.6 Å². The second kappa shape index (κ2) is 17.2. The Morgan fingerprint density at radius 1 is 0.967 bits per heavy atom. The zero-order valence-corrected chi connectivity index (χ0v) is 34.3. The van der Waals surface area contributed by atoms with Crippen molar-refractivity contribution in [1.82, 2.24) is 19.6 Å². The molecule has 2 aliphatic heterocycles. The number of nitro benzene ring substituents is 1. The normalized spacial score (nSPS) is 20.2. The van der Waals surface area contributed by atoms with Crippen LogP contribution >= 0.6 is 0 Å². The van der Waals surface area contributed by atoms with Crippen LogP contribution in [-0.4, -0.2) is 67.0 Å². The molecule has 2 aromatic heterocycles. The van der Waals surface area contributed by atoms with Crippen LogP contribution in [0.5, 0.6) is 11.5 Å². The first-order valence-electron chi connectivity index (χ1n) is 21.1. The van der Waals surface area contributed by atoms with Crippen molar-refractivity contribution < 1.29 is 27.6 Å². The van der Waals surface area contributed by atoms with E-state index in [1.54, 1.807) is 36.2 Å². The molecule has 312 valence electrons. The van der Waals surface area contributed by atoms with E-state index in [2.05, 4.69) is 55.2 Å². The number of benzene rings is 3. The minimum absolute atomic E-state index is 0.0124. The second-order valence-electron chi connectivity index (χ2n) is 16.6. The molecule has 4 aliphatic rings. The molecule has 2 unspecified atom stereocenters. The number of amides is 1. The average molecular weight is 831 g/mol. The van der Waals surface area contributed by atoms with Gasteiger partial charge in [-0.05, 0) is 141 Å². The molecule has 14 heteroatoms. The van der Waals surface area contributed by atoms with Crippen LogP contribution in [0.1, 0.15) is 96.8 Å². The number of likely N-dealkylation sites (tertiary alicyclic amines) is 1. The fraction of sp³-hybridized carbons (Fsp3) is 0.391. The van der Waals surface area contributed by atoms with Gasteiger partial charge in [-0.2, -0.15) is 0 Å². The third kappa shape index (κ3) is 8.81. The van der Waals surface area contributed by atoms with E-state index in [0.717, 1.165) is 73.7 Å². The highest BCUT2D eigenvalue weighted by Gasteiger charge is 2.34. The number of aromatic amines is 1. The molecule has 3 fully saturated rings. The number of allylic oxidation sites excluding steroid dienone is 2. The lowest BCUT2D eigenvalue weighted by Crippen LogP contribution is -2.31. The van der Waals surface area contributed by atoms with Crippen molar-refractivity contribution in [2.75, 3.05) is 38.2 Å². The van der Waals surface area contributed by atoms with E-state index < -0.39 is 31.4 Å². The Morgan fingerprint density at radius 3 is 2.58 bits per heavy atom. The number of nitrogens with one attached hydrogen (secondary N) is 3.